The summed E-state index contributed by atoms with van der Waals surface area (Å²) in [5.41, 5.74) is 4.11. The zero-order chi connectivity index (χ0) is 35.6. The standard InChI is InChI=1S/C50H66N2/c1-2-3-4-5-6-7-8-9-10-11-12-13-14-15-17-20-36-51-38-32-42(33-39-51)43-34-40-52(41-35-43)37-21-18-16-19-23-44-26-27-47-29-28-45-24-22-25-46-30-31-48(44)50(47)49(45)46/h22,24-35,38-41H,2-21,23,36-37H2,1H3/q+2. The van der Waals surface area contributed by atoms with E-state index in [1.165, 1.54) is 177 Å². The molecule has 274 valence electrons. The highest BCUT2D eigenvalue weighted by Gasteiger charge is 2.11. The molecule has 0 N–H and O–H groups in total. The quantitative estimate of drug-likeness (QED) is 0.0320. The third-order valence-corrected chi connectivity index (χ3v) is 11.6. The van der Waals surface area contributed by atoms with Gasteiger partial charge in [-0.1, -0.05) is 158 Å². The zero-order valence-corrected chi connectivity index (χ0v) is 32.5. The molecule has 0 saturated heterocycles. The molecule has 2 nitrogen and oxygen atoms in total. The summed E-state index contributed by atoms with van der Waals surface area (Å²) in [7, 11) is 0. The van der Waals surface area contributed by atoms with Gasteiger partial charge >= 0.3 is 0 Å². The molecule has 0 spiro atoms. The lowest BCUT2D eigenvalue weighted by Crippen LogP contribution is -2.33. The summed E-state index contributed by atoms with van der Waals surface area (Å²) < 4.78 is 4.71. The Morgan fingerprint density at radius 3 is 1.27 bits per heavy atom. The van der Waals surface area contributed by atoms with E-state index in [0.717, 1.165) is 19.5 Å². The smallest absolute Gasteiger partial charge is 0.169 e. The third kappa shape index (κ3) is 11.1. The van der Waals surface area contributed by atoms with Gasteiger partial charge in [0.15, 0.2) is 24.8 Å². The van der Waals surface area contributed by atoms with E-state index in [9.17, 15) is 0 Å². The van der Waals surface area contributed by atoms with E-state index in [4.69, 9.17) is 0 Å². The maximum absolute atomic E-state index is 2.37. The van der Waals surface area contributed by atoms with Gasteiger partial charge in [-0.15, -0.1) is 0 Å². The molecule has 52 heavy (non-hydrogen) atoms. The minimum Gasteiger partial charge on any atom is -0.205 e. The second-order valence-electron chi connectivity index (χ2n) is 15.7. The summed E-state index contributed by atoms with van der Waals surface area (Å²) in [4.78, 5) is 0. The first-order valence-corrected chi connectivity index (χ1v) is 21.4. The lowest BCUT2D eigenvalue weighted by Gasteiger charge is -2.13. The number of hydrogen-bond acceptors (Lipinski definition) is 0. The van der Waals surface area contributed by atoms with Gasteiger partial charge in [-0.2, -0.15) is 0 Å². The van der Waals surface area contributed by atoms with Gasteiger partial charge in [0.1, 0.15) is 13.1 Å². The molecule has 0 aliphatic rings. The van der Waals surface area contributed by atoms with Crippen LogP contribution in [0, 0.1) is 0 Å². The van der Waals surface area contributed by atoms with Crippen LogP contribution in [0.4, 0.5) is 0 Å². The Morgan fingerprint density at radius 2 is 0.769 bits per heavy atom. The molecular formula is C50H66N2+2. The molecule has 0 aliphatic carbocycles. The summed E-state index contributed by atoms with van der Waals surface area (Å²) in [6.07, 6.45) is 38.0. The Balaban J connectivity index is 0.808. The van der Waals surface area contributed by atoms with E-state index in [0.29, 0.717) is 0 Å². The SMILES string of the molecule is CCCCCCCCCCCCCCCCCC[n+]1ccc(-c2cc[n+](CCCCCCc3ccc4ccc5cccc6ccc3c4c56)cc2)cc1. The van der Waals surface area contributed by atoms with Gasteiger partial charge in [-0.05, 0) is 74.7 Å². The monoisotopic (exact) mass is 695 g/mol. The molecule has 0 aliphatic heterocycles. The first-order chi connectivity index (χ1) is 25.8. The van der Waals surface area contributed by atoms with E-state index in [1.54, 1.807) is 0 Å². The summed E-state index contributed by atoms with van der Waals surface area (Å²) in [5.74, 6) is 0. The van der Waals surface area contributed by atoms with Gasteiger partial charge in [0.25, 0.3) is 0 Å². The van der Waals surface area contributed by atoms with Crippen molar-refractivity contribution < 1.29 is 9.13 Å². The Hall–Kier alpha value is -3.78. The second-order valence-corrected chi connectivity index (χ2v) is 15.7. The number of aryl methyl sites for hydroxylation is 3. The summed E-state index contributed by atoms with van der Waals surface area (Å²) >= 11 is 0. The topological polar surface area (TPSA) is 7.76 Å². The van der Waals surface area contributed by atoms with Gasteiger partial charge in [-0.25, -0.2) is 9.13 Å². The number of unbranched alkanes of at least 4 members (excludes halogenated alkanes) is 18. The predicted molar refractivity (Wildman–Crippen MR) is 224 cm³/mol. The van der Waals surface area contributed by atoms with Gasteiger partial charge < -0.3 is 0 Å². The van der Waals surface area contributed by atoms with Crippen LogP contribution in [0.5, 0.6) is 0 Å². The van der Waals surface area contributed by atoms with Crippen molar-refractivity contribution in [2.24, 2.45) is 0 Å². The van der Waals surface area contributed by atoms with Crippen LogP contribution < -0.4 is 9.13 Å². The Labute approximate surface area is 315 Å². The van der Waals surface area contributed by atoms with Crippen LogP contribution in [-0.2, 0) is 19.5 Å². The molecule has 0 fully saturated rings. The largest absolute Gasteiger partial charge is 0.205 e. The normalized spacial score (nSPS) is 11.8. The van der Waals surface area contributed by atoms with Crippen LogP contribution in [-0.4, -0.2) is 0 Å². The highest BCUT2D eigenvalue weighted by molar-refractivity contribution is 6.23. The number of hydrogen-bond donors (Lipinski definition) is 0. The van der Waals surface area contributed by atoms with Gasteiger partial charge in [0.05, 0.1) is 0 Å². The number of benzene rings is 4. The molecule has 0 unspecified atom stereocenters. The predicted octanol–water partition coefficient (Wildman–Crippen LogP) is 13.9. The van der Waals surface area contributed by atoms with Crippen molar-refractivity contribution in [3.63, 3.8) is 0 Å². The van der Waals surface area contributed by atoms with Crippen molar-refractivity contribution in [2.45, 2.75) is 155 Å². The van der Waals surface area contributed by atoms with Crippen molar-refractivity contribution in [3.05, 3.63) is 109 Å². The van der Waals surface area contributed by atoms with Crippen LogP contribution in [0.3, 0.4) is 0 Å². The van der Waals surface area contributed by atoms with E-state index in [1.807, 2.05) is 0 Å². The summed E-state index contributed by atoms with van der Waals surface area (Å²) in [6, 6.07) is 29.7. The summed E-state index contributed by atoms with van der Waals surface area (Å²) in [6.45, 7) is 4.52. The van der Waals surface area contributed by atoms with Gasteiger partial charge in [0, 0.05) is 37.1 Å². The van der Waals surface area contributed by atoms with E-state index >= 15 is 0 Å². The number of rotatable bonds is 25. The zero-order valence-electron chi connectivity index (χ0n) is 32.5. The third-order valence-electron chi connectivity index (χ3n) is 11.6. The molecule has 0 bridgehead atoms. The number of aromatic nitrogens is 2. The van der Waals surface area contributed by atoms with Gasteiger partial charge in [-0.3, -0.25) is 0 Å². The molecule has 2 aromatic heterocycles. The second kappa shape index (κ2) is 21.1. The van der Waals surface area contributed by atoms with Crippen LogP contribution in [0.25, 0.3) is 43.4 Å². The molecule has 6 rings (SSSR count). The molecule has 6 aromatic rings. The molecule has 2 heteroatoms. The Kier molecular flexibility index (Phi) is 15.4. The van der Waals surface area contributed by atoms with Crippen molar-refractivity contribution in [1.29, 1.82) is 0 Å². The number of nitrogens with zero attached hydrogens (tertiary/aromatic N) is 2. The first kappa shape index (κ1) is 38.0. The average Bonchev–Trinajstić information content (AvgIpc) is 3.19. The van der Waals surface area contributed by atoms with E-state index in [2.05, 4.69) is 120 Å². The fourth-order valence-electron chi connectivity index (χ4n) is 8.42. The molecule has 0 amide bonds. The highest BCUT2D eigenvalue weighted by Crippen LogP contribution is 2.36. The van der Waals surface area contributed by atoms with Crippen LogP contribution in [0.15, 0.2) is 104 Å². The maximum Gasteiger partial charge on any atom is 0.169 e. The molecule has 0 atom stereocenters. The van der Waals surface area contributed by atoms with Crippen molar-refractivity contribution in [2.75, 3.05) is 0 Å². The van der Waals surface area contributed by atoms with Crippen molar-refractivity contribution >= 4 is 32.3 Å². The molecule has 2 heterocycles. The van der Waals surface area contributed by atoms with Crippen molar-refractivity contribution in [3.8, 4) is 11.1 Å². The molecule has 0 saturated carbocycles. The first-order valence-electron chi connectivity index (χ1n) is 21.4. The lowest BCUT2D eigenvalue weighted by atomic mass is 9.90. The fourth-order valence-corrected chi connectivity index (χ4v) is 8.42. The minimum atomic E-state index is 1.09. The average molecular weight is 695 g/mol. The van der Waals surface area contributed by atoms with Crippen LogP contribution in [0.2, 0.25) is 0 Å². The molecule has 4 aromatic carbocycles. The van der Waals surface area contributed by atoms with Crippen molar-refractivity contribution in [1.82, 2.24) is 0 Å². The van der Waals surface area contributed by atoms with Crippen LogP contribution >= 0.6 is 0 Å². The Bertz CT molecular complexity index is 1850. The lowest BCUT2D eigenvalue weighted by molar-refractivity contribution is -0.697. The minimum absolute atomic E-state index is 1.09. The molecular weight excluding hydrogens is 629 g/mol. The van der Waals surface area contributed by atoms with E-state index < -0.39 is 0 Å². The van der Waals surface area contributed by atoms with E-state index in [-0.39, 0.29) is 0 Å². The summed E-state index contributed by atoms with van der Waals surface area (Å²) in [5, 5.41) is 8.40. The maximum atomic E-state index is 2.37. The molecule has 0 radical (unpaired) electrons. The van der Waals surface area contributed by atoms with Crippen LogP contribution in [0.1, 0.15) is 141 Å². The van der Waals surface area contributed by atoms with Gasteiger partial charge in [0.2, 0.25) is 0 Å². The highest BCUT2D eigenvalue weighted by atomic mass is 14.9. The fraction of sp³-hybridized carbons (Fsp3) is 0.480. The Morgan fingerprint density at radius 1 is 0.365 bits per heavy atom. The number of pyridine rings is 2.